The number of aromatic nitrogens is 2. The molecule has 3 atom stereocenters. The van der Waals surface area contributed by atoms with Crippen molar-refractivity contribution in [3.8, 4) is 0 Å². The van der Waals surface area contributed by atoms with Gasteiger partial charge in [0.1, 0.15) is 10.7 Å². The van der Waals surface area contributed by atoms with E-state index in [0.29, 0.717) is 23.4 Å². The Morgan fingerprint density at radius 1 is 1.22 bits per heavy atom. The number of aliphatic hydroxyl groups excluding tert-OH is 1. The molecule has 6 rings (SSSR count). The summed E-state index contributed by atoms with van der Waals surface area (Å²) in [7, 11) is -1.07. The zero-order valence-electron chi connectivity index (χ0n) is 17.9. The van der Waals surface area contributed by atoms with Crippen LogP contribution in [-0.2, 0) is 17.2 Å². The molecule has 0 unspecified atom stereocenters. The summed E-state index contributed by atoms with van der Waals surface area (Å²) in [5, 5.41) is 14.2. The summed E-state index contributed by atoms with van der Waals surface area (Å²) in [4.78, 5) is 12.7. The second-order valence-electron chi connectivity index (χ2n) is 9.60. The van der Waals surface area contributed by atoms with Gasteiger partial charge in [0.25, 0.3) is 0 Å². The quantitative estimate of drug-likeness (QED) is 0.694. The Bertz CT molecular complexity index is 1110. The lowest BCUT2D eigenvalue weighted by Gasteiger charge is -2.41. The molecule has 2 N–H and O–H groups in total. The van der Waals surface area contributed by atoms with Crippen LogP contribution in [0, 0.1) is 11.8 Å². The molecule has 168 valence electrons. The largest absolute Gasteiger partial charge is 0.394 e. The standard InChI is InChI=1S/C24H27ClN4O2S/c25-19-4-2-15(3-5-19)16-10-17-12-29(13-18(17)11-16)23-26-20-6-9-32(31)21(20)22(27-23)28-24(14-30)7-1-8-24/h2-5,10,17-18,30H,1,6-9,11-14H2,(H,26,27,28)/t17-,18+,32+/m0/s1. The number of anilines is 2. The van der Waals surface area contributed by atoms with Crippen LogP contribution in [0.5, 0.6) is 0 Å². The van der Waals surface area contributed by atoms with E-state index in [1.807, 2.05) is 12.1 Å². The first-order valence-electron chi connectivity index (χ1n) is 11.4. The highest BCUT2D eigenvalue weighted by Crippen LogP contribution is 2.43. The van der Waals surface area contributed by atoms with Crippen molar-refractivity contribution in [2.24, 2.45) is 11.8 Å². The molecule has 32 heavy (non-hydrogen) atoms. The van der Waals surface area contributed by atoms with Crippen LogP contribution in [0.1, 0.15) is 36.9 Å². The molecule has 0 radical (unpaired) electrons. The van der Waals surface area contributed by atoms with Crippen molar-refractivity contribution in [3.63, 3.8) is 0 Å². The van der Waals surface area contributed by atoms with Crippen LogP contribution in [0.15, 0.2) is 35.2 Å². The molecule has 2 aliphatic heterocycles. The van der Waals surface area contributed by atoms with Gasteiger partial charge in [0.05, 0.1) is 28.6 Å². The number of halogens is 1. The van der Waals surface area contributed by atoms with E-state index in [2.05, 4.69) is 28.4 Å². The lowest BCUT2D eigenvalue weighted by molar-refractivity contribution is 0.143. The minimum absolute atomic E-state index is 0.0693. The van der Waals surface area contributed by atoms with Crippen LogP contribution >= 0.6 is 11.6 Å². The fraction of sp³-hybridized carbons (Fsp3) is 0.500. The summed E-state index contributed by atoms with van der Waals surface area (Å²) in [6.07, 6.45) is 7.10. The summed E-state index contributed by atoms with van der Waals surface area (Å²) < 4.78 is 12.6. The molecule has 1 aromatic carbocycles. The first-order chi connectivity index (χ1) is 15.5. The Kier molecular flexibility index (Phi) is 5.04. The molecule has 3 heterocycles. The van der Waals surface area contributed by atoms with E-state index in [1.165, 1.54) is 11.1 Å². The van der Waals surface area contributed by atoms with Crippen molar-refractivity contribution in [3.05, 3.63) is 46.6 Å². The fourth-order valence-electron chi connectivity index (χ4n) is 5.54. The van der Waals surface area contributed by atoms with Crippen LogP contribution in [0.25, 0.3) is 5.57 Å². The molecular weight excluding hydrogens is 444 g/mol. The lowest BCUT2D eigenvalue weighted by Crippen LogP contribution is -2.48. The maximum Gasteiger partial charge on any atom is 0.227 e. The Labute approximate surface area is 195 Å². The van der Waals surface area contributed by atoms with Gasteiger partial charge < -0.3 is 15.3 Å². The molecule has 0 amide bonds. The van der Waals surface area contributed by atoms with Crippen LogP contribution in [-0.4, -0.2) is 50.3 Å². The van der Waals surface area contributed by atoms with E-state index in [-0.39, 0.29) is 12.1 Å². The van der Waals surface area contributed by atoms with Crippen molar-refractivity contribution in [1.29, 1.82) is 0 Å². The van der Waals surface area contributed by atoms with Gasteiger partial charge in [0, 0.05) is 30.3 Å². The van der Waals surface area contributed by atoms with Gasteiger partial charge in [-0.2, -0.15) is 4.98 Å². The Hall–Kier alpha value is -1.96. The van der Waals surface area contributed by atoms with E-state index < -0.39 is 10.8 Å². The predicted octanol–water partition coefficient (Wildman–Crippen LogP) is 3.66. The molecule has 8 heteroatoms. The Morgan fingerprint density at radius 3 is 2.72 bits per heavy atom. The molecular formula is C24H27ClN4O2S. The van der Waals surface area contributed by atoms with E-state index in [1.54, 1.807) is 0 Å². The molecule has 1 saturated heterocycles. The molecule has 2 aliphatic carbocycles. The van der Waals surface area contributed by atoms with Gasteiger partial charge in [-0.15, -0.1) is 0 Å². The average Bonchev–Trinajstić information content (AvgIpc) is 3.44. The molecule has 2 aromatic rings. The number of hydrogen-bond acceptors (Lipinski definition) is 6. The molecule has 1 saturated carbocycles. The van der Waals surface area contributed by atoms with Crippen molar-refractivity contribution < 1.29 is 9.32 Å². The van der Waals surface area contributed by atoms with Gasteiger partial charge in [-0.1, -0.05) is 29.8 Å². The maximum atomic E-state index is 12.6. The van der Waals surface area contributed by atoms with Gasteiger partial charge in [-0.3, -0.25) is 4.21 Å². The van der Waals surface area contributed by atoms with Crippen molar-refractivity contribution in [2.45, 2.75) is 42.5 Å². The monoisotopic (exact) mass is 470 g/mol. The van der Waals surface area contributed by atoms with Gasteiger partial charge in [0.2, 0.25) is 5.95 Å². The average molecular weight is 471 g/mol. The summed E-state index contributed by atoms with van der Waals surface area (Å²) in [5.41, 5.74) is 3.23. The minimum Gasteiger partial charge on any atom is -0.394 e. The number of aliphatic hydroxyl groups is 1. The number of nitrogens with zero attached hydrogens (tertiary/aromatic N) is 3. The number of nitrogens with one attached hydrogen (secondary N) is 1. The van der Waals surface area contributed by atoms with Crippen LogP contribution in [0.3, 0.4) is 0 Å². The third kappa shape index (κ3) is 3.45. The fourth-order valence-corrected chi connectivity index (χ4v) is 6.97. The smallest absolute Gasteiger partial charge is 0.227 e. The highest BCUT2D eigenvalue weighted by atomic mass is 35.5. The van der Waals surface area contributed by atoms with E-state index in [0.717, 1.165) is 66.8 Å². The molecule has 0 spiro atoms. The van der Waals surface area contributed by atoms with E-state index in [4.69, 9.17) is 21.6 Å². The van der Waals surface area contributed by atoms with Gasteiger partial charge in [0.15, 0.2) is 0 Å². The molecule has 1 aromatic heterocycles. The number of allylic oxidation sites excluding steroid dienone is 1. The summed E-state index contributed by atoms with van der Waals surface area (Å²) in [6, 6.07) is 8.12. The Balaban J connectivity index is 1.26. The van der Waals surface area contributed by atoms with E-state index in [9.17, 15) is 9.32 Å². The van der Waals surface area contributed by atoms with Crippen molar-refractivity contribution in [2.75, 3.05) is 35.7 Å². The van der Waals surface area contributed by atoms with E-state index >= 15 is 0 Å². The number of benzene rings is 1. The zero-order valence-corrected chi connectivity index (χ0v) is 19.5. The third-order valence-electron chi connectivity index (χ3n) is 7.56. The van der Waals surface area contributed by atoms with Crippen LogP contribution in [0.2, 0.25) is 5.02 Å². The number of fused-ring (bicyclic) bond motifs is 2. The van der Waals surface area contributed by atoms with Crippen molar-refractivity contribution in [1.82, 2.24) is 9.97 Å². The van der Waals surface area contributed by atoms with Gasteiger partial charge >= 0.3 is 0 Å². The summed E-state index contributed by atoms with van der Waals surface area (Å²) in [6.45, 7) is 1.89. The van der Waals surface area contributed by atoms with Gasteiger partial charge in [-0.05, 0) is 60.8 Å². The molecule has 2 fully saturated rings. The second kappa shape index (κ2) is 7.82. The molecule has 0 bridgehead atoms. The first kappa shape index (κ1) is 20.6. The predicted molar refractivity (Wildman–Crippen MR) is 128 cm³/mol. The number of hydrogen-bond donors (Lipinski definition) is 2. The Morgan fingerprint density at radius 2 is 2.03 bits per heavy atom. The van der Waals surface area contributed by atoms with Crippen molar-refractivity contribution >= 4 is 39.7 Å². The third-order valence-corrected chi connectivity index (χ3v) is 9.27. The van der Waals surface area contributed by atoms with Crippen LogP contribution < -0.4 is 10.2 Å². The van der Waals surface area contributed by atoms with Gasteiger partial charge in [-0.25, -0.2) is 4.98 Å². The first-order valence-corrected chi connectivity index (χ1v) is 13.1. The summed E-state index contributed by atoms with van der Waals surface area (Å²) in [5.74, 6) is 3.04. The second-order valence-corrected chi connectivity index (χ2v) is 11.5. The summed E-state index contributed by atoms with van der Waals surface area (Å²) >= 11 is 6.05. The normalized spacial score (nSPS) is 27.6. The maximum absolute atomic E-state index is 12.6. The number of rotatable bonds is 5. The number of aryl methyl sites for hydroxylation is 1. The molecule has 4 aliphatic rings. The van der Waals surface area contributed by atoms with Crippen LogP contribution in [0.4, 0.5) is 11.8 Å². The SMILES string of the molecule is O=[S@@]1CCc2nc(N3C[C@H]4CC(c5ccc(Cl)cc5)=C[C@H]4C3)nc(NC3(CO)CCC3)c21. The molecule has 6 nitrogen and oxygen atoms in total. The topological polar surface area (TPSA) is 78.4 Å². The minimum atomic E-state index is -1.07. The lowest BCUT2D eigenvalue weighted by atomic mass is 9.77. The highest BCUT2D eigenvalue weighted by Gasteiger charge is 2.41. The zero-order chi connectivity index (χ0) is 21.9. The highest BCUT2D eigenvalue weighted by molar-refractivity contribution is 7.85.